The number of aliphatic hydroxyl groups excluding tert-OH is 2. The maximum Gasteiger partial charge on any atom is 0.407 e. The molecule has 5 rings (SSSR count). The van der Waals surface area contributed by atoms with Gasteiger partial charge in [-0.2, -0.15) is 5.10 Å². The first-order valence-corrected chi connectivity index (χ1v) is 10.5. The minimum atomic E-state index is -1.32. The Labute approximate surface area is 188 Å². The van der Waals surface area contributed by atoms with Gasteiger partial charge in [-0.05, 0) is 28.3 Å². The zero-order chi connectivity index (χ0) is 22.9. The van der Waals surface area contributed by atoms with E-state index < -0.39 is 18.3 Å². The van der Waals surface area contributed by atoms with E-state index in [1.807, 2.05) is 36.4 Å². The highest BCUT2D eigenvalue weighted by Crippen LogP contribution is 2.44. The molecule has 1 aliphatic carbocycles. The van der Waals surface area contributed by atoms with Crippen LogP contribution in [-0.2, 0) is 4.74 Å². The second kappa shape index (κ2) is 8.53. The molecule has 2 atom stereocenters. The summed E-state index contributed by atoms with van der Waals surface area (Å²) in [5.41, 5.74) is 4.65. The van der Waals surface area contributed by atoms with Gasteiger partial charge in [0.1, 0.15) is 30.7 Å². The van der Waals surface area contributed by atoms with Gasteiger partial charge in [0.2, 0.25) is 0 Å². The van der Waals surface area contributed by atoms with E-state index in [-0.39, 0.29) is 30.1 Å². The van der Waals surface area contributed by atoms with Gasteiger partial charge in [0.05, 0.1) is 0 Å². The van der Waals surface area contributed by atoms with Crippen molar-refractivity contribution in [1.29, 1.82) is 0 Å². The first-order chi connectivity index (χ1) is 16.0. The average Bonchev–Trinajstić information content (AvgIpc) is 3.41. The molecule has 9 heteroatoms. The van der Waals surface area contributed by atoms with Gasteiger partial charge in [-0.15, -0.1) is 0 Å². The second-order valence-corrected chi connectivity index (χ2v) is 7.94. The van der Waals surface area contributed by atoms with E-state index >= 15 is 0 Å². The van der Waals surface area contributed by atoms with Gasteiger partial charge >= 0.3 is 6.09 Å². The van der Waals surface area contributed by atoms with Gasteiger partial charge in [0.15, 0.2) is 0 Å². The molecule has 9 nitrogen and oxygen atoms in total. The summed E-state index contributed by atoms with van der Waals surface area (Å²) in [6.45, 7) is -0.0777. The van der Waals surface area contributed by atoms with Crippen LogP contribution in [0.5, 0.6) is 0 Å². The first kappa shape index (κ1) is 20.9. The molecule has 0 spiro atoms. The predicted octanol–water partition coefficient (Wildman–Crippen LogP) is 1.96. The number of hydrogen-bond donors (Lipinski definition) is 4. The number of aromatic amines is 1. The summed E-state index contributed by atoms with van der Waals surface area (Å²) in [5, 5.41) is 27.2. The van der Waals surface area contributed by atoms with Crippen molar-refractivity contribution in [1.82, 2.24) is 19.9 Å². The van der Waals surface area contributed by atoms with E-state index in [9.17, 15) is 19.8 Å². The number of hydrogen-bond acceptors (Lipinski definition) is 6. The molecule has 0 bridgehead atoms. The lowest BCUT2D eigenvalue weighted by atomic mass is 9.98. The maximum absolute atomic E-state index is 12.3. The largest absolute Gasteiger partial charge is 0.449 e. The number of carbonyl (C=O) groups is 1. The van der Waals surface area contributed by atoms with E-state index in [4.69, 9.17) is 4.74 Å². The Morgan fingerprint density at radius 3 is 2.45 bits per heavy atom. The van der Waals surface area contributed by atoms with E-state index in [2.05, 4.69) is 27.5 Å². The molecule has 0 saturated heterocycles. The topological polar surface area (TPSA) is 129 Å². The average molecular weight is 446 g/mol. The molecule has 1 aliphatic rings. The summed E-state index contributed by atoms with van der Waals surface area (Å²) in [7, 11) is 0. The minimum Gasteiger partial charge on any atom is -0.449 e. The second-order valence-electron chi connectivity index (χ2n) is 7.94. The lowest BCUT2D eigenvalue weighted by molar-refractivity contribution is 0.0186. The van der Waals surface area contributed by atoms with Crippen molar-refractivity contribution in [2.45, 2.75) is 18.1 Å². The zero-order valence-electron chi connectivity index (χ0n) is 17.5. The van der Waals surface area contributed by atoms with Crippen LogP contribution >= 0.6 is 0 Å². The third kappa shape index (κ3) is 3.88. The number of fused-ring (bicyclic) bond motifs is 4. The minimum absolute atomic E-state index is 0.0713. The third-order valence-electron chi connectivity index (χ3n) is 5.94. The van der Waals surface area contributed by atoms with Crippen LogP contribution in [0.1, 0.15) is 28.7 Å². The van der Waals surface area contributed by atoms with Crippen LogP contribution in [0.3, 0.4) is 0 Å². The fourth-order valence-electron chi connectivity index (χ4n) is 4.29. The molecule has 0 fully saturated rings. The molecule has 4 aromatic rings. The standard InChI is InChI=1S/C24H22N4O5/c29-21(22(30)14-9-20-23(31)26-13-27-28(20)11-14)10-25-24(32)33-12-19-17-7-3-1-5-15(17)16-6-2-4-8-18(16)19/h1-9,11,13,19,21-22,29-30H,10,12H2,(H,25,32)(H,26,27,31). The number of amides is 1. The molecular weight excluding hydrogens is 424 g/mol. The number of ether oxygens (including phenoxy) is 1. The summed E-state index contributed by atoms with van der Waals surface area (Å²) in [6.07, 6.45) is -0.628. The Morgan fingerprint density at radius 2 is 1.79 bits per heavy atom. The van der Waals surface area contributed by atoms with Crippen LogP contribution in [-0.4, -0.2) is 50.2 Å². The van der Waals surface area contributed by atoms with E-state index in [1.165, 1.54) is 23.1 Å². The molecule has 4 N–H and O–H groups in total. The highest BCUT2D eigenvalue weighted by Gasteiger charge is 2.29. The molecule has 2 aromatic heterocycles. The molecule has 2 unspecified atom stereocenters. The van der Waals surface area contributed by atoms with Crippen LogP contribution in [0, 0.1) is 0 Å². The highest BCUT2D eigenvalue weighted by molar-refractivity contribution is 5.79. The molecule has 1 amide bonds. The molecule has 0 radical (unpaired) electrons. The number of carbonyl (C=O) groups excluding carboxylic acids is 1. The lowest BCUT2D eigenvalue weighted by Gasteiger charge is -2.18. The predicted molar refractivity (Wildman–Crippen MR) is 120 cm³/mol. The highest BCUT2D eigenvalue weighted by atomic mass is 16.5. The normalized spacial score (nSPS) is 14.5. The van der Waals surface area contributed by atoms with Crippen LogP contribution in [0.25, 0.3) is 16.6 Å². The number of benzene rings is 2. The van der Waals surface area contributed by atoms with Gasteiger partial charge in [-0.3, -0.25) is 4.79 Å². The smallest absolute Gasteiger partial charge is 0.407 e. The van der Waals surface area contributed by atoms with E-state index in [0.717, 1.165) is 22.3 Å². The number of nitrogens with one attached hydrogen (secondary N) is 2. The summed E-state index contributed by atoms with van der Waals surface area (Å²) in [6, 6.07) is 17.5. The van der Waals surface area contributed by atoms with Crippen LogP contribution < -0.4 is 10.9 Å². The van der Waals surface area contributed by atoms with Gasteiger partial charge in [0, 0.05) is 24.2 Å². The van der Waals surface area contributed by atoms with Crippen LogP contribution in [0.15, 0.2) is 71.9 Å². The zero-order valence-corrected chi connectivity index (χ0v) is 17.5. The summed E-state index contributed by atoms with van der Waals surface area (Å²) in [4.78, 5) is 26.5. The fourth-order valence-corrected chi connectivity index (χ4v) is 4.29. The Bertz CT molecular complexity index is 1330. The van der Waals surface area contributed by atoms with Crippen molar-refractivity contribution in [2.75, 3.05) is 13.2 Å². The third-order valence-corrected chi connectivity index (χ3v) is 5.94. The van der Waals surface area contributed by atoms with Gasteiger partial charge in [-0.25, -0.2) is 9.31 Å². The molecule has 2 aromatic carbocycles. The number of H-pyrrole nitrogens is 1. The lowest BCUT2D eigenvalue weighted by Crippen LogP contribution is -2.36. The maximum atomic E-state index is 12.3. The van der Waals surface area contributed by atoms with Crippen molar-refractivity contribution < 1.29 is 19.7 Å². The van der Waals surface area contributed by atoms with E-state index in [1.54, 1.807) is 0 Å². The van der Waals surface area contributed by atoms with E-state index in [0.29, 0.717) is 5.56 Å². The monoisotopic (exact) mass is 446 g/mol. The number of rotatable bonds is 6. The Morgan fingerprint density at radius 1 is 1.12 bits per heavy atom. The van der Waals surface area contributed by atoms with Gasteiger partial charge in [0.25, 0.3) is 5.56 Å². The van der Waals surface area contributed by atoms with Crippen molar-refractivity contribution in [2.24, 2.45) is 0 Å². The summed E-state index contributed by atoms with van der Waals surface area (Å²) in [5.74, 6) is -0.0713. The number of aromatic nitrogens is 3. The molecule has 168 valence electrons. The fraction of sp³-hybridized carbons (Fsp3) is 0.208. The Kier molecular flexibility index (Phi) is 5.41. The summed E-state index contributed by atoms with van der Waals surface area (Å²) >= 11 is 0. The molecular formula is C24H22N4O5. The van der Waals surface area contributed by atoms with Crippen molar-refractivity contribution >= 4 is 11.6 Å². The molecule has 0 saturated carbocycles. The van der Waals surface area contributed by atoms with Gasteiger partial charge in [-0.1, -0.05) is 48.5 Å². The molecule has 2 heterocycles. The number of nitrogens with zero attached hydrogens (tertiary/aromatic N) is 2. The van der Waals surface area contributed by atoms with Crippen molar-refractivity contribution in [3.05, 3.63) is 94.2 Å². The SMILES string of the molecule is O=C(NCC(O)C(O)c1cc2c(=O)[nH]cnn2c1)OCC1c2ccccc2-c2ccccc21. The Hall–Kier alpha value is -3.95. The first-order valence-electron chi connectivity index (χ1n) is 10.5. The molecule has 33 heavy (non-hydrogen) atoms. The number of aliphatic hydroxyl groups is 2. The molecule has 0 aliphatic heterocycles. The number of alkyl carbamates (subject to hydrolysis) is 1. The quantitative estimate of drug-likeness (QED) is 0.358. The van der Waals surface area contributed by atoms with Gasteiger partial charge < -0.3 is 25.3 Å². The van der Waals surface area contributed by atoms with Crippen LogP contribution in [0.2, 0.25) is 0 Å². The van der Waals surface area contributed by atoms with Crippen LogP contribution in [0.4, 0.5) is 4.79 Å². The Balaban J connectivity index is 1.19. The van der Waals surface area contributed by atoms with Crippen molar-refractivity contribution in [3.63, 3.8) is 0 Å². The summed E-state index contributed by atoms with van der Waals surface area (Å²) < 4.78 is 6.75. The van der Waals surface area contributed by atoms with Crippen molar-refractivity contribution in [3.8, 4) is 11.1 Å².